The summed E-state index contributed by atoms with van der Waals surface area (Å²) in [6, 6.07) is 17.5. The van der Waals surface area contributed by atoms with E-state index in [0.29, 0.717) is 0 Å². The number of rotatable bonds is 1. The van der Waals surface area contributed by atoms with Crippen LogP contribution in [0.25, 0.3) is 16.6 Å². The zero-order valence-electron chi connectivity index (χ0n) is 8.09. The Hall–Kier alpha value is -2.09. The van der Waals surface area contributed by atoms with Gasteiger partial charge in [-0.2, -0.15) is 5.10 Å². The van der Waals surface area contributed by atoms with E-state index in [0.717, 1.165) is 5.52 Å². The first-order chi connectivity index (χ1) is 7.43. The Morgan fingerprint density at radius 3 is 2.73 bits per heavy atom. The van der Waals surface area contributed by atoms with E-state index in [1.807, 2.05) is 28.9 Å². The number of fused-ring (bicyclic) bond motifs is 1. The summed E-state index contributed by atoms with van der Waals surface area (Å²) in [7, 11) is 0. The molecule has 0 atom stereocenters. The van der Waals surface area contributed by atoms with Crippen molar-refractivity contribution in [3.8, 4) is 11.1 Å². The van der Waals surface area contributed by atoms with Gasteiger partial charge in [0.05, 0.1) is 11.7 Å². The molecule has 15 heavy (non-hydrogen) atoms. The first-order valence-electron chi connectivity index (χ1n) is 4.84. The molecular formula is C13H9N2. The van der Waals surface area contributed by atoms with Gasteiger partial charge >= 0.3 is 0 Å². The van der Waals surface area contributed by atoms with Crippen LogP contribution >= 0.6 is 0 Å². The van der Waals surface area contributed by atoms with Crippen molar-refractivity contribution in [2.24, 2.45) is 0 Å². The van der Waals surface area contributed by atoms with Crippen molar-refractivity contribution < 1.29 is 0 Å². The van der Waals surface area contributed by atoms with Crippen molar-refractivity contribution >= 4 is 5.52 Å². The second-order valence-electron chi connectivity index (χ2n) is 3.40. The molecule has 0 unspecified atom stereocenters. The van der Waals surface area contributed by atoms with E-state index in [9.17, 15) is 0 Å². The van der Waals surface area contributed by atoms with Crippen LogP contribution in [0, 0.1) is 6.07 Å². The highest BCUT2D eigenvalue weighted by Gasteiger charge is 1.98. The van der Waals surface area contributed by atoms with Gasteiger partial charge in [0.1, 0.15) is 0 Å². The van der Waals surface area contributed by atoms with Crippen molar-refractivity contribution in [3.05, 3.63) is 60.9 Å². The maximum Gasteiger partial charge on any atom is 0.0747 e. The Morgan fingerprint density at radius 2 is 1.87 bits per heavy atom. The molecule has 71 valence electrons. The first-order valence-corrected chi connectivity index (χ1v) is 4.84. The van der Waals surface area contributed by atoms with Crippen LogP contribution in [0.3, 0.4) is 0 Å². The van der Waals surface area contributed by atoms with E-state index in [1.165, 1.54) is 11.1 Å². The van der Waals surface area contributed by atoms with Gasteiger partial charge in [-0.1, -0.05) is 30.3 Å². The minimum Gasteiger partial charge on any atom is -0.240 e. The smallest absolute Gasteiger partial charge is 0.0747 e. The highest BCUT2D eigenvalue weighted by molar-refractivity contribution is 5.68. The molecule has 0 aliphatic heterocycles. The Balaban J connectivity index is 2.19. The molecule has 2 aromatic heterocycles. The molecule has 3 aromatic rings. The quantitative estimate of drug-likeness (QED) is 0.581. The number of nitrogens with zero attached hydrogens (tertiary/aromatic N) is 2. The third kappa shape index (κ3) is 1.40. The van der Waals surface area contributed by atoms with Crippen LogP contribution in [0.4, 0.5) is 0 Å². The molecule has 0 aliphatic rings. The molecule has 1 radical (unpaired) electrons. The van der Waals surface area contributed by atoms with Crippen molar-refractivity contribution in [2.45, 2.75) is 0 Å². The maximum absolute atomic E-state index is 4.11. The summed E-state index contributed by atoms with van der Waals surface area (Å²) < 4.78 is 1.81. The number of hydrogen-bond donors (Lipinski definition) is 0. The lowest BCUT2D eigenvalue weighted by atomic mass is 10.1. The number of benzene rings is 1. The number of hydrogen-bond acceptors (Lipinski definition) is 1. The molecule has 0 N–H and O–H groups in total. The number of pyridine rings is 1. The first kappa shape index (κ1) is 8.24. The molecule has 3 rings (SSSR count). The molecule has 0 amide bonds. The predicted molar refractivity (Wildman–Crippen MR) is 59.5 cm³/mol. The van der Waals surface area contributed by atoms with Crippen LogP contribution in [-0.2, 0) is 0 Å². The van der Waals surface area contributed by atoms with E-state index in [2.05, 4.69) is 35.4 Å². The van der Waals surface area contributed by atoms with Crippen LogP contribution in [0.2, 0.25) is 0 Å². The predicted octanol–water partition coefficient (Wildman–Crippen LogP) is 2.80. The molecule has 2 heteroatoms. The Bertz CT molecular complexity index is 582. The summed E-state index contributed by atoms with van der Waals surface area (Å²) in [5.74, 6) is 0. The Morgan fingerprint density at radius 1 is 1.00 bits per heavy atom. The van der Waals surface area contributed by atoms with Gasteiger partial charge < -0.3 is 0 Å². The molecule has 0 spiro atoms. The zero-order valence-corrected chi connectivity index (χ0v) is 8.09. The van der Waals surface area contributed by atoms with E-state index in [1.54, 1.807) is 6.20 Å². The summed E-state index contributed by atoms with van der Waals surface area (Å²) in [6.07, 6.45) is 3.64. The molecule has 2 heterocycles. The van der Waals surface area contributed by atoms with Gasteiger partial charge in [0.25, 0.3) is 0 Å². The lowest BCUT2D eigenvalue weighted by Gasteiger charge is -2.01. The summed E-state index contributed by atoms with van der Waals surface area (Å²) >= 11 is 0. The summed E-state index contributed by atoms with van der Waals surface area (Å²) in [5.41, 5.74) is 3.41. The lowest BCUT2D eigenvalue weighted by molar-refractivity contribution is 0.962. The highest BCUT2D eigenvalue weighted by Crippen LogP contribution is 2.19. The zero-order chi connectivity index (χ0) is 10.1. The second kappa shape index (κ2) is 3.24. The fraction of sp³-hybridized carbons (Fsp3) is 0. The minimum atomic E-state index is 0.997. The summed E-state index contributed by atoms with van der Waals surface area (Å²) in [6.45, 7) is 0. The van der Waals surface area contributed by atoms with Crippen LogP contribution in [0.1, 0.15) is 0 Å². The topological polar surface area (TPSA) is 17.3 Å². The maximum atomic E-state index is 4.11. The Kier molecular flexibility index (Phi) is 1.78. The third-order valence-corrected chi connectivity index (χ3v) is 2.44. The molecule has 0 bridgehead atoms. The third-order valence-electron chi connectivity index (χ3n) is 2.44. The molecule has 0 aliphatic carbocycles. The molecule has 0 fully saturated rings. The van der Waals surface area contributed by atoms with E-state index in [4.69, 9.17) is 0 Å². The van der Waals surface area contributed by atoms with Crippen LogP contribution < -0.4 is 0 Å². The van der Waals surface area contributed by atoms with Crippen LogP contribution in [0.5, 0.6) is 0 Å². The standard InChI is InChI=1S/C13H9N2/c1-2-4-11(5-3-1)12-7-9-15-13(10-12)6-8-14-15/h1-5,7-10H. The van der Waals surface area contributed by atoms with Gasteiger partial charge in [-0.25, -0.2) is 4.52 Å². The highest BCUT2D eigenvalue weighted by atomic mass is 15.2. The average Bonchev–Trinajstić information content (AvgIpc) is 2.77. The van der Waals surface area contributed by atoms with Crippen molar-refractivity contribution in [3.63, 3.8) is 0 Å². The molecule has 0 saturated heterocycles. The fourth-order valence-corrected chi connectivity index (χ4v) is 1.67. The van der Waals surface area contributed by atoms with Gasteiger partial charge in [0.15, 0.2) is 0 Å². The minimum absolute atomic E-state index is 0.997. The van der Waals surface area contributed by atoms with Crippen LogP contribution in [0.15, 0.2) is 54.9 Å². The molecule has 1 aromatic carbocycles. The van der Waals surface area contributed by atoms with Crippen molar-refractivity contribution in [1.29, 1.82) is 0 Å². The summed E-state index contributed by atoms with van der Waals surface area (Å²) in [5, 5.41) is 4.11. The Labute approximate surface area is 87.8 Å². The van der Waals surface area contributed by atoms with Gasteiger partial charge in [-0.15, -0.1) is 0 Å². The molecule has 2 nitrogen and oxygen atoms in total. The largest absolute Gasteiger partial charge is 0.240 e. The van der Waals surface area contributed by atoms with Gasteiger partial charge in [-0.05, 0) is 23.3 Å². The molecule has 0 saturated carbocycles. The van der Waals surface area contributed by atoms with Gasteiger partial charge in [0.2, 0.25) is 0 Å². The second-order valence-corrected chi connectivity index (χ2v) is 3.40. The van der Waals surface area contributed by atoms with Crippen molar-refractivity contribution in [2.75, 3.05) is 0 Å². The van der Waals surface area contributed by atoms with E-state index >= 15 is 0 Å². The molecular weight excluding hydrogens is 184 g/mol. The SMILES string of the molecule is [c]1cnn2ccc(-c3ccccc3)cc12. The van der Waals surface area contributed by atoms with E-state index in [-0.39, 0.29) is 0 Å². The monoisotopic (exact) mass is 193 g/mol. The van der Waals surface area contributed by atoms with E-state index < -0.39 is 0 Å². The van der Waals surface area contributed by atoms with Crippen LogP contribution in [-0.4, -0.2) is 9.61 Å². The van der Waals surface area contributed by atoms with Gasteiger partial charge in [0, 0.05) is 12.3 Å². The van der Waals surface area contributed by atoms with Crippen molar-refractivity contribution in [1.82, 2.24) is 9.61 Å². The van der Waals surface area contributed by atoms with Gasteiger partial charge in [-0.3, -0.25) is 0 Å². The summed E-state index contributed by atoms with van der Waals surface area (Å²) in [4.78, 5) is 0. The number of aromatic nitrogens is 2. The average molecular weight is 193 g/mol. The lowest BCUT2D eigenvalue weighted by Crippen LogP contribution is -1.86. The fourth-order valence-electron chi connectivity index (χ4n) is 1.67. The normalized spacial score (nSPS) is 10.7.